The summed E-state index contributed by atoms with van der Waals surface area (Å²) in [6.07, 6.45) is 0.803. The highest BCUT2D eigenvalue weighted by Crippen LogP contribution is 2.47. The van der Waals surface area contributed by atoms with Gasteiger partial charge < -0.3 is 14.2 Å². The third kappa shape index (κ3) is 5.00. The van der Waals surface area contributed by atoms with Gasteiger partial charge >= 0.3 is 5.69 Å². The lowest BCUT2D eigenvalue weighted by Crippen LogP contribution is -2.43. The van der Waals surface area contributed by atoms with Gasteiger partial charge in [-0.15, -0.1) is 0 Å². The Morgan fingerprint density at radius 3 is 2.43 bits per heavy atom. The minimum Gasteiger partial charge on any atom is -0.493 e. The fraction of sp³-hybridized carbons (Fsp3) is 0.375. The van der Waals surface area contributed by atoms with Crippen molar-refractivity contribution in [3.05, 3.63) is 62.8 Å². The van der Waals surface area contributed by atoms with E-state index in [2.05, 4.69) is 0 Å². The monoisotopic (exact) mass is 501 g/mol. The topological polar surface area (TPSA) is 136 Å². The molecule has 4 rings (SSSR count). The number of nitrogens with zero attached hydrogens (tertiary/aromatic N) is 3. The van der Waals surface area contributed by atoms with E-state index < -0.39 is 21.8 Å². The lowest BCUT2D eigenvalue weighted by Gasteiger charge is -2.40. The number of fused-ring (bicyclic) bond motifs is 1. The van der Waals surface area contributed by atoms with Crippen LogP contribution in [0.3, 0.4) is 0 Å². The van der Waals surface area contributed by atoms with Gasteiger partial charge in [0.2, 0.25) is 0 Å². The van der Waals surface area contributed by atoms with Crippen LogP contribution < -0.4 is 25.5 Å². The number of aromatic nitrogens is 2. The summed E-state index contributed by atoms with van der Waals surface area (Å²) in [4.78, 5) is 27.2. The van der Waals surface area contributed by atoms with Crippen molar-refractivity contribution in [1.82, 2.24) is 9.13 Å². The molecule has 2 N–H and O–H groups in total. The summed E-state index contributed by atoms with van der Waals surface area (Å²) >= 11 is 0. The number of benzene rings is 2. The van der Waals surface area contributed by atoms with Gasteiger partial charge in [-0.3, -0.25) is 23.0 Å². The van der Waals surface area contributed by atoms with Crippen LogP contribution in [0.2, 0.25) is 0 Å². The molecule has 10 nitrogen and oxygen atoms in total. The summed E-state index contributed by atoms with van der Waals surface area (Å²) in [5.74, 6) is 1.74. The number of ether oxygens (including phenoxy) is 3. The summed E-state index contributed by atoms with van der Waals surface area (Å²) < 4.78 is 38.9. The maximum atomic E-state index is 13.7. The molecule has 1 fully saturated rings. The highest BCUT2D eigenvalue weighted by Gasteiger charge is 2.28. The Hall–Kier alpha value is -3.46. The molecule has 0 radical (unpaired) electrons. The molecule has 1 aliphatic heterocycles. The van der Waals surface area contributed by atoms with E-state index in [9.17, 15) is 18.7 Å². The lowest BCUT2D eigenvalue weighted by atomic mass is 10.1. The van der Waals surface area contributed by atoms with Crippen molar-refractivity contribution in [1.29, 1.82) is 5.26 Å². The van der Waals surface area contributed by atoms with Crippen LogP contribution in [-0.2, 0) is 6.54 Å². The molecule has 0 bridgehead atoms. The van der Waals surface area contributed by atoms with Crippen molar-refractivity contribution < 1.29 is 23.3 Å². The Kier molecular flexibility index (Phi) is 7.07. The van der Waals surface area contributed by atoms with Crippen LogP contribution in [0.4, 0.5) is 0 Å². The van der Waals surface area contributed by atoms with Gasteiger partial charge in [-0.25, -0.2) is 4.79 Å². The molecule has 0 unspecified atom stereocenters. The average molecular weight is 502 g/mol. The zero-order chi connectivity index (χ0) is 25.2. The van der Waals surface area contributed by atoms with E-state index in [0.29, 0.717) is 41.2 Å². The Morgan fingerprint density at radius 1 is 1.06 bits per heavy atom. The van der Waals surface area contributed by atoms with Crippen molar-refractivity contribution in [2.24, 2.45) is 0 Å². The average Bonchev–Trinajstić information content (AvgIpc) is 2.86. The summed E-state index contributed by atoms with van der Waals surface area (Å²) in [7, 11) is 0.382. The first kappa shape index (κ1) is 24.7. The highest BCUT2D eigenvalue weighted by atomic mass is 32.3. The first-order valence-corrected chi connectivity index (χ1v) is 12.9. The van der Waals surface area contributed by atoms with Crippen LogP contribution in [0.5, 0.6) is 17.2 Å². The van der Waals surface area contributed by atoms with Crippen molar-refractivity contribution in [3.63, 3.8) is 0 Å². The minimum absolute atomic E-state index is 0.000844. The molecule has 3 aromatic rings. The molecule has 1 saturated heterocycles. The molecule has 0 spiro atoms. The molecule has 0 amide bonds. The number of nitriles is 1. The Balaban J connectivity index is 1.87. The molecule has 0 aliphatic carbocycles. The summed E-state index contributed by atoms with van der Waals surface area (Å²) in [6, 6.07) is 11.6. The number of hydrogen-bond donors (Lipinski definition) is 2. The fourth-order valence-electron chi connectivity index (χ4n) is 4.38. The van der Waals surface area contributed by atoms with Crippen LogP contribution in [0.1, 0.15) is 24.4 Å². The largest absolute Gasteiger partial charge is 0.493 e. The first-order valence-electron chi connectivity index (χ1n) is 11.0. The second-order valence-electron chi connectivity index (χ2n) is 8.30. The van der Waals surface area contributed by atoms with Crippen molar-refractivity contribution in [3.8, 4) is 23.3 Å². The normalized spacial score (nSPS) is 16.4. The van der Waals surface area contributed by atoms with Gasteiger partial charge in [-0.2, -0.15) is 15.9 Å². The van der Waals surface area contributed by atoms with Crippen LogP contribution >= 0.6 is 10.6 Å². The first-order chi connectivity index (χ1) is 16.8. The second-order valence-corrected chi connectivity index (χ2v) is 10.7. The van der Waals surface area contributed by atoms with E-state index in [0.717, 1.165) is 4.57 Å². The fourth-order valence-corrected chi connectivity index (χ4v) is 5.88. The molecule has 2 heterocycles. The molecular weight excluding hydrogens is 474 g/mol. The molecule has 186 valence electrons. The van der Waals surface area contributed by atoms with Gasteiger partial charge in [-0.05, 0) is 48.7 Å². The molecule has 2 aromatic carbocycles. The van der Waals surface area contributed by atoms with Gasteiger partial charge in [-0.1, -0.05) is 6.07 Å². The molecule has 0 atom stereocenters. The van der Waals surface area contributed by atoms with E-state index >= 15 is 0 Å². The third-order valence-electron chi connectivity index (χ3n) is 6.15. The maximum Gasteiger partial charge on any atom is 0.332 e. The lowest BCUT2D eigenvalue weighted by molar-refractivity contribution is 0.354. The van der Waals surface area contributed by atoms with Gasteiger partial charge in [0.05, 0.1) is 31.7 Å². The number of hydrogen-bond acceptors (Lipinski definition) is 8. The van der Waals surface area contributed by atoms with Crippen molar-refractivity contribution >= 4 is 21.5 Å². The van der Waals surface area contributed by atoms with Crippen molar-refractivity contribution in [2.75, 3.05) is 32.3 Å². The minimum atomic E-state index is -2.65. The summed E-state index contributed by atoms with van der Waals surface area (Å²) in [5, 5.41) is 9.11. The zero-order valence-electron chi connectivity index (χ0n) is 19.5. The van der Waals surface area contributed by atoms with Gasteiger partial charge in [0, 0.05) is 17.5 Å². The van der Waals surface area contributed by atoms with Gasteiger partial charge in [0.1, 0.15) is 11.8 Å². The number of rotatable bonds is 7. The molecule has 11 heteroatoms. The molecule has 35 heavy (non-hydrogen) atoms. The Morgan fingerprint density at radius 2 is 1.77 bits per heavy atom. The summed E-state index contributed by atoms with van der Waals surface area (Å²) in [6.45, 7) is -0.176. The predicted octanol–water partition coefficient (Wildman–Crippen LogP) is 3.22. The standard InChI is InChI=1S/C24H27N3O7S/c1-32-21-6-3-16(13-22(21)33-2)15-26-23(28)19-14-18(34-10-9-25)4-5-20(19)27(24(26)29)17-7-11-35(30,31)12-8-17/h3-6,13-14,17,30-31H,7-8,10-12,15H2,1-2H3. The van der Waals surface area contributed by atoms with E-state index in [1.807, 2.05) is 6.07 Å². The van der Waals surface area contributed by atoms with Crippen LogP contribution in [0, 0.1) is 11.3 Å². The maximum absolute atomic E-state index is 13.7. The quantitative estimate of drug-likeness (QED) is 0.504. The Bertz CT molecular complexity index is 1400. The van der Waals surface area contributed by atoms with Crippen LogP contribution in [-0.4, -0.2) is 50.6 Å². The van der Waals surface area contributed by atoms with E-state index in [1.54, 1.807) is 34.9 Å². The van der Waals surface area contributed by atoms with E-state index in [4.69, 9.17) is 19.5 Å². The van der Waals surface area contributed by atoms with Gasteiger partial charge in [0.15, 0.2) is 18.1 Å². The summed E-state index contributed by atoms with van der Waals surface area (Å²) in [5.41, 5.74) is 0.142. The van der Waals surface area contributed by atoms with Crippen molar-refractivity contribution in [2.45, 2.75) is 25.4 Å². The molecule has 1 aliphatic rings. The highest BCUT2D eigenvalue weighted by molar-refractivity contribution is 8.24. The molecule has 1 aromatic heterocycles. The third-order valence-corrected chi connectivity index (χ3v) is 7.93. The van der Waals surface area contributed by atoms with Crippen LogP contribution in [0.25, 0.3) is 10.9 Å². The Labute approximate surface area is 203 Å². The number of methoxy groups -OCH3 is 2. The molecule has 0 saturated carbocycles. The second kappa shape index (κ2) is 10.0. The predicted molar refractivity (Wildman–Crippen MR) is 133 cm³/mol. The zero-order valence-corrected chi connectivity index (χ0v) is 20.3. The van der Waals surface area contributed by atoms with E-state index in [-0.39, 0.29) is 36.1 Å². The van der Waals surface area contributed by atoms with Crippen LogP contribution in [0.15, 0.2) is 46.0 Å². The molecular formula is C24H27N3O7S. The SMILES string of the molecule is COc1ccc(Cn2c(=O)c3cc(OCC#N)ccc3n(C3CCS(O)(O)CC3)c2=O)cc1OC. The van der Waals surface area contributed by atoms with Gasteiger partial charge in [0.25, 0.3) is 5.56 Å². The smallest absolute Gasteiger partial charge is 0.332 e. The van der Waals surface area contributed by atoms with E-state index in [1.165, 1.54) is 20.3 Å².